The van der Waals surface area contributed by atoms with E-state index in [4.69, 9.17) is 0 Å². The molecule has 22 heavy (non-hydrogen) atoms. The number of aromatic nitrogens is 1. The summed E-state index contributed by atoms with van der Waals surface area (Å²) >= 11 is 0. The Bertz CT molecular complexity index is 756. The quantitative estimate of drug-likeness (QED) is 0.912. The number of nitrogens with one attached hydrogen (secondary N) is 2. The lowest BCUT2D eigenvalue weighted by Crippen LogP contribution is -2.33. The summed E-state index contributed by atoms with van der Waals surface area (Å²) in [5.74, 6) is -1.82. The molecule has 0 spiro atoms. The number of halogens is 2. The first-order valence-corrected chi connectivity index (χ1v) is 6.88. The number of H-pyrrole nitrogens is 1. The molecule has 2 rings (SSSR count). The Labute approximate surface area is 126 Å². The summed E-state index contributed by atoms with van der Waals surface area (Å²) in [4.78, 5) is 26.4. The van der Waals surface area contributed by atoms with Crippen LogP contribution in [0.4, 0.5) is 8.78 Å². The predicted octanol–water partition coefficient (Wildman–Crippen LogP) is 2.84. The largest absolute Gasteiger partial charge is 0.345 e. The van der Waals surface area contributed by atoms with E-state index in [9.17, 15) is 18.4 Å². The minimum atomic E-state index is -0.719. The van der Waals surface area contributed by atoms with Gasteiger partial charge in [-0.15, -0.1) is 0 Å². The maximum absolute atomic E-state index is 13.8. The molecule has 0 radical (unpaired) electrons. The topological polar surface area (TPSA) is 62.0 Å². The van der Waals surface area contributed by atoms with Gasteiger partial charge in [-0.1, -0.05) is 6.92 Å². The molecule has 4 nitrogen and oxygen atoms in total. The molecule has 6 heteroatoms. The van der Waals surface area contributed by atoms with Crippen LogP contribution >= 0.6 is 0 Å². The fraction of sp³-hybridized carbons (Fsp3) is 0.250. The van der Waals surface area contributed by atoms with Crippen LogP contribution in [0.25, 0.3) is 0 Å². The smallest absolute Gasteiger partial charge is 0.260 e. The van der Waals surface area contributed by atoms with Crippen LogP contribution < -0.4 is 10.9 Å². The number of rotatable bonds is 4. The van der Waals surface area contributed by atoms with Gasteiger partial charge in [0.1, 0.15) is 17.2 Å². The summed E-state index contributed by atoms with van der Waals surface area (Å²) < 4.78 is 27.1. The Kier molecular flexibility index (Phi) is 4.70. The van der Waals surface area contributed by atoms with Crippen LogP contribution in [0, 0.1) is 18.6 Å². The molecule has 0 fully saturated rings. The molecule has 0 saturated heterocycles. The number of aromatic amines is 1. The number of amides is 1. The number of carbonyl (C=O) groups is 1. The predicted molar refractivity (Wildman–Crippen MR) is 78.7 cm³/mol. The first kappa shape index (κ1) is 15.9. The highest BCUT2D eigenvalue weighted by Crippen LogP contribution is 2.21. The molecule has 0 unspecified atom stereocenters. The number of carbonyl (C=O) groups excluding carboxylic acids is 1. The van der Waals surface area contributed by atoms with Gasteiger partial charge in [-0.25, -0.2) is 8.78 Å². The van der Waals surface area contributed by atoms with E-state index in [0.717, 1.165) is 18.2 Å². The first-order valence-electron chi connectivity index (χ1n) is 6.88. The van der Waals surface area contributed by atoms with E-state index in [1.807, 2.05) is 0 Å². The maximum Gasteiger partial charge on any atom is 0.260 e. The van der Waals surface area contributed by atoms with Crippen LogP contribution in [0.5, 0.6) is 0 Å². The van der Waals surface area contributed by atoms with E-state index in [1.54, 1.807) is 19.9 Å². The van der Waals surface area contributed by atoms with Crippen molar-refractivity contribution in [2.45, 2.75) is 26.3 Å². The second kappa shape index (κ2) is 6.51. The Morgan fingerprint density at radius 3 is 2.64 bits per heavy atom. The van der Waals surface area contributed by atoms with Crippen LogP contribution in [-0.2, 0) is 0 Å². The zero-order valence-electron chi connectivity index (χ0n) is 12.2. The molecule has 1 amide bonds. The normalized spacial score (nSPS) is 12.0. The third-order valence-corrected chi connectivity index (χ3v) is 3.35. The molecule has 116 valence electrons. The van der Waals surface area contributed by atoms with Crippen molar-refractivity contribution in [2.75, 3.05) is 0 Å². The Morgan fingerprint density at radius 2 is 2.00 bits per heavy atom. The van der Waals surface area contributed by atoms with E-state index in [-0.39, 0.29) is 11.1 Å². The van der Waals surface area contributed by atoms with Gasteiger partial charge in [0.25, 0.3) is 11.5 Å². The minimum absolute atomic E-state index is 0.0550. The standard InChI is InChI=1S/C16H16F2N2O2/c1-3-14(12-8-10(17)5-7-13(12)18)20-16(22)11-6-4-9(2)19-15(11)21/h4-8,14H,3H2,1-2H3,(H,19,21)(H,20,22)/t14-/m0/s1. The Morgan fingerprint density at radius 1 is 1.27 bits per heavy atom. The second-order valence-corrected chi connectivity index (χ2v) is 4.98. The van der Waals surface area contributed by atoms with Crippen LogP contribution in [0.15, 0.2) is 35.1 Å². The van der Waals surface area contributed by atoms with Gasteiger partial charge >= 0.3 is 0 Å². The molecule has 0 aliphatic rings. The Hall–Kier alpha value is -2.50. The molecular formula is C16H16F2N2O2. The van der Waals surface area contributed by atoms with E-state index in [2.05, 4.69) is 10.3 Å². The fourth-order valence-corrected chi connectivity index (χ4v) is 2.17. The van der Waals surface area contributed by atoms with Gasteiger partial charge in [0.2, 0.25) is 0 Å². The fourth-order valence-electron chi connectivity index (χ4n) is 2.17. The van der Waals surface area contributed by atoms with Crippen LogP contribution in [-0.4, -0.2) is 10.9 Å². The zero-order valence-corrected chi connectivity index (χ0v) is 12.2. The third kappa shape index (κ3) is 3.39. The van der Waals surface area contributed by atoms with E-state index in [1.165, 1.54) is 6.07 Å². The summed E-state index contributed by atoms with van der Waals surface area (Å²) in [6.45, 7) is 3.43. The Balaban J connectivity index is 2.28. The van der Waals surface area contributed by atoms with Gasteiger partial charge in [0.15, 0.2) is 0 Å². The number of hydrogen-bond acceptors (Lipinski definition) is 2. The summed E-state index contributed by atoms with van der Waals surface area (Å²) in [6.07, 6.45) is 0.357. The van der Waals surface area contributed by atoms with Crippen molar-refractivity contribution in [3.8, 4) is 0 Å². The van der Waals surface area contributed by atoms with Crippen molar-refractivity contribution in [1.82, 2.24) is 10.3 Å². The molecular weight excluding hydrogens is 290 g/mol. The lowest BCUT2D eigenvalue weighted by atomic mass is 10.0. The molecule has 1 atom stereocenters. The van der Waals surface area contributed by atoms with Crippen molar-refractivity contribution in [2.24, 2.45) is 0 Å². The number of hydrogen-bond donors (Lipinski definition) is 2. The highest BCUT2D eigenvalue weighted by Gasteiger charge is 2.19. The average molecular weight is 306 g/mol. The van der Waals surface area contributed by atoms with Crippen molar-refractivity contribution in [1.29, 1.82) is 0 Å². The van der Waals surface area contributed by atoms with Gasteiger partial charge in [-0.2, -0.15) is 0 Å². The molecule has 0 aliphatic heterocycles. The first-order chi connectivity index (χ1) is 10.4. The SMILES string of the molecule is CC[C@H](NC(=O)c1ccc(C)[nH]c1=O)c1cc(F)ccc1F. The highest BCUT2D eigenvalue weighted by atomic mass is 19.1. The molecule has 0 bridgehead atoms. The maximum atomic E-state index is 13.8. The summed E-state index contributed by atoms with van der Waals surface area (Å²) in [5, 5.41) is 2.56. The summed E-state index contributed by atoms with van der Waals surface area (Å²) in [6, 6.07) is 5.35. The van der Waals surface area contributed by atoms with Crippen molar-refractivity contribution < 1.29 is 13.6 Å². The van der Waals surface area contributed by atoms with Gasteiger partial charge in [-0.3, -0.25) is 9.59 Å². The molecule has 0 saturated carbocycles. The van der Waals surface area contributed by atoms with Crippen molar-refractivity contribution in [3.63, 3.8) is 0 Å². The summed E-state index contributed by atoms with van der Waals surface area (Å²) in [5.41, 5.74) is 0.0945. The lowest BCUT2D eigenvalue weighted by Gasteiger charge is -2.18. The second-order valence-electron chi connectivity index (χ2n) is 4.98. The van der Waals surface area contributed by atoms with Gasteiger partial charge < -0.3 is 10.3 Å². The number of aryl methyl sites for hydroxylation is 1. The monoisotopic (exact) mass is 306 g/mol. The van der Waals surface area contributed by atoms with Gasteiger partial charge in [-0.05, 0) is 43.7 Å². The third-order valence-electron chi connectivity index (χ3n) is 3.35. The van der Waals surface area contributed by atoms with Gasteiger partial charge in [0.05, 0.1) is 6.04 Å². The average Bonchev–Trinajstić information content (AvgIpc) is 2.47. The highest BCUT2D eigenvalue weighted by molar-refractivity contribution is 5.94. The molecule has 1 aromatic heterocycles. The van der Waals surface area contributed by atoms with Crippen molar-refractivity contribution in [3.05, 3.63) is 69.1 Å². The van der Waals surface area contributed by atoms with Crippen LogP contribution in [0.1, 0.15) is 41.0 Å². The van der Waals surface area contributed by atoms with Crippen LogP contribution in [0.3, 0.4) is 0 Å². The molecule has 1 heterocycles. The van der Waals surface area contributed by atoms with E-state index in [0.29, 0.717) is 12.1 Å². The lowest BCUT2D eigenvalue weighted by molar-refractivity contribution is 0.0933. The van der Waals surface area contributed by atoms with E-state index >= 15 is 0 Å². The molecule has 0 aliphatic carbocycles. The zero-order chi connectivity index (χ0) is 16.3. The molecule has 1 aromatic carbocycles. The van der Waals surface area contributed by atoms with Crippen LogP contribution in [0.2, 0.25) is 0 Å². The summed E-state index contributed by atoms with van der Waals surface area (Å²) in [7, 11) is 0. The van der Waals surface area contributed by atoms with Crippen molar-refractivity contribution >= 4 is 5.91 Å². The van der Waals surface area contributed by atoms with E-state index < -0.39 is 29.1 Å². The number of benzene rings is 1. The molecule has 2 aromatic rings. The minimum Gasteiger partial charge on any atom is -0.345 e. The van der Waals surface area contributed by atoms with Gasteiger partial charge in [0, 0.05) is 11.3 Å². The number of pyridine rings is 1. The molecule has 2 N–H and O–H groups in total.